The normalized spacial score (nSPS) is 13.9. The van der Waals surface area contributed by atoms with Gasteiger partial charge in [0.1, 0.15) is 19.3 Å². The predicted molar refractivity (Wildman–Crippen MR) is 465 cm³/mol. The molecule has 0 heterocycles. The van der Waals surface area contributed by atoms with Crippen LogP contribution >= 0.6 is 15.6 Å². The summed E-state index contributed by atoms with van der Waals surface area (Å²) in [4.78, 5) is 73.5. The van der Waals surface area contributed by atoms with E-state index in [1.54, 1.807) is 0 Å². The van der Waals surface area contributed by atoms with Crippen molar-refractivity contribution < 1.29 is 80.2 Å². The number of hydrogen-bond donors (Lipinski definition) is 3. The highest BCUT2D eigenvalue weighted by molar-refractivity contribution is 7.47. The van der Waals surface area contributed by atoms with Gasteiger partial charge in [-0.3, -0.25) is 37.3 Å². The number of carbonyl (C=O) groups excluding carboxylic acids is 4. The summed E-state index contributed by atoms with van der Waals surface area (Å²) in [5, 5.41) is 10.7. The summed E-state index contributed by atoms with van der Waals surface area (Å²) >= 11 is 0. The highest BCUT2D eigenvalue weighted by Gasteiger charge is 2.31. The molecule has 0 saturated heterocycles. The van der Waals surface area contributed by atoms with Crippen LogP contribution < -0.4 is 0 Å². The fourth-order valence-electron chi connectivity index (χ4n) is 14.7. The molecule has 3 unspecified atom stereocenters. The summed E-state index contributed by atoms with van der Waals surface area (Å²) in [5.74, 6) is -1.32. The molecule has 112 heavy (non-hydrogen) atoms. The molecule has 17 nitrogen and oxygen atoms in total. The number of esters is 4. The zero-order valence-corrected chi connectivity index (χ0v) is 75.6. The molecule has 19 heteroatoms. The Morgan fingerprint density at radius 3 is 0.634 bits per heavy atom. The summed E-state index contributed by atoms with van der Waals surface area (Å²) in [6.07, 6.45) is 82.1. The molecule has 0 fully saturated rings. The van der Waals surface area contributed by atoms with Gasteiger partial charge in [0.05, 0.1) is 26.4 Å². The van der Waals surface area contributed by atoms with Gasteiger partial charge >= 0.3 is 39.5 Å². The van der Waals surface area contributed by atoms with Gasteiger partial charge in [-0.15, -0.1) is 0 Å². The first kappa shape index (κ1) is 110. The van der Waals surface area contributed by atoms with E-state index < -0.39 is 97.5 Å². The Labute approximate surface area is 689 Å². The second-order valence-electron chi connectivity index (χ2n) is 33.6. The lowest BCUT2D eigenvalue weighted by molar-refractivity contribution is -0.161. The predicted octanol–water partition coefficient (Wildman–Crippen LogP) is 29.1. The lowest BCUT2D eigenvalue weighted by Gasteiger charge is -2.21. The van der Waals surface area contributed by atoms with Gasteiger partial charge in [0, 0.05) is 25.7 Å². The van der Waals surface area contributed by atoms with Crippen molar-refractivity contribution in [2.24, 2.45) is 5.92 Å². The number of unbranched alkanes of at least 4 members (excludes halogenated alkanes) is 64. The van der Waals surface area contributed by atoms with E-state index in [-0.39, 0.29) is 25.7 Å². The fourth-order valence-corrected chi connectivity index (χ4v) is 16.3. The van der Waals surface area contributed by atoms with Crippen LogP contribution in [-0.2, 0) is 65.4 Å². The van der Waals surface area contributed by atoms with Gasteiger partial charge in [-0.2, -0.15) is 0 Å². The van der Waals surface area contributed by atoms with Crippen molar-refractivity contribution in [1.82, 2.24) is 0 Å². The Balaban J connectivity index is 5.23. The number of rotatable bonds is 93. The van der Waals surface area contributed by atoms with E-state index in [4.69, 9.17) is 37.0 Å². The van der Waals surface area contributed by atoms with Crippen molar-refractivity contribution in [2.45, 2.75) is 528 Å². The van der Waals surface area contributed by atoms with E-state index >= 15 is 0 Å². The topological polar surface area (TPSA) is 237 Å². The molecule has 0 aliphatic rings. The van der Waals surface area contributed by atoms with Crippen molar-refractivity contribution in [1.29, 1.82) is 0 Å². The molecule has 0 aromatic heterocycles. The maximum absolute atomic E-state index is 13.2. The molecule has 666 valence electrons. The van der Waals surface area contributed by atoms with E-state index in [9.17, 15) is 43.2 Å². The molecule has 0 rings (SSSR count). The zero-order chi connectivity index (χ0) is 81.8. The molecule has 0 aliphatic heterocycles. The van der Waals surface area contributed by atoms with Crippen LogP contribution in [-0.4, -0.2) is 96.7 Å². The van der Waals surface area contributed by atoms with E-state index in [0.29, 0.717) is 25.7 Å². The Kier molecular flexibility index (Phi) is 84.0. The van der Waals surface area contributed by atoms with E-state index in [2.05, 4.69) is 34.6 Å². The zero-order valence-electron chi connectivity index (χ0n) is 73.8. The number of phosphoric acid groups is 2. The van der Waals surface area contributed by atoms with Gasteiger partial charge in [-0.05, 0) is 31.6 Å². The molecule has 0 saturated carbocycles. The molecule has 0 spiro atoms. The number of carbonyl (C=O) groups is 4. The van der Waals surface area contributed by atoms with Gasteiger partial charge in [0.15, 0.2) is 12.2 Å². The number of hydrogen-bond acceptors (Lipinski definition) is 15. The van der Waals surface area contributed by atoms with Crippen molar-refractivity contribution in [3.8, 4) is 0 Å². The van der Waals surface area contributed by atoms with Crippen LogP contribution in [0, 0.1) is 5.92 Å². The third kappa shape index (κ3) is 84.5. The van der Waals surface area contributed by atoms with Crippen LogP contribution in [0.25, 0.3) is 0 Å². The second kappa shape index (κ2) is 85.5. The highest BCUT2D eigenvalue weighted by Crippen LogP contribution is 2.45. The van der Waals surface area contributed by atoms with Crippen LogP contribution in [0.4, 0.5) is 0 Å². The maximum atomic E-state index is 13.2. The van der Waals surface area contributed by atoms with Gasteiger partial charge in [0.2, 0.25) is 0 Å². The molecule has 3 N–H and O–H groups in total. The van der Waals surface area contributed by atoms with Crippen molar-refractivity contribution in [3.63, 3.8) is 0 Å². The van der Waals surface area contributed by atoms with E-state index in [1.807, 2.05) is 0 Å². The average molecular weight is 1630 g/mol. The van der Waals surface area contributed by atoms with Crippen LogP contribution in [0.2, 0.25) is 0 Å². The molecule has 0 amide bonds. The van der Waals surface area contributed by atoms with Crippen LogP contribution in [0.5, 0.6) is 0 Å². The molecular formula is C93H182O17P2. The number of phosphoric ester groups is 2. The third-order valence-electron chi connectivity index (χ3n) is 22.4. The van der Waals surface area contributed by atoms with Crippen LogP contribution in [0.1, 0.15) is 510 Å². The molecule has 0 aliphatic carbocycles. The third-order valence-corrected chi connectivity index (χ3v) is 24.3. The fraction of sp³-hybridized carbons (Fsp3) is 0.957. The summed E-state index contributed by atoms with van der Waals surface area (Å²) in [7, 11) is -9.94. The first-order valence-corrected chi connectivity index (χ1v) is 51.2. The molecular weight excluding hydrogens is 1450 g/mol. The van der Waals surface area contributed by atoms with Crippen molar-refractivity contribution >= 4 is 39.5 Å². The largest absolute Gasteiger partial charge is 0.472 e. The monoisotopic (exact) mass is 1630 g/mol. The van der Waals surface area contributed by atoms with Crippen LogP contribution in [0.15, 0.2) is 0 Å². The Hall–Kier alpha value is -1.94. The summed E-state index contributed by atoms with van der Waals surface area (Å²) in [6, 6.07) is 0. The Morgan fingerprint density at radius 2 is 0.429 bits per heavy atom. The standard InChI is InChI=1S/C93H182O17P2/c1-6-10-13-16-19-22-25-28-31-34-36-38-40-42-44-47-49-52-55-61-66-71-76-90(95)103-82-88(109-92(97)79-74-69-64-57-54-51-48-45-43-41-39-37-35-32-29-26-23-20-17-14-11-7-2)84-107-111(99,100)105-80-87(94)81-106-112(101,102)108-85-89(83-104-91(96)77-72-67-62-59-58-60-65-70-75-86(5)9-4)110-93(98)78-73-68-63-56-53-50-46-33-30-27-24-21-18-15-12-8-3/h86-89,94H,6-85H2,1-5H3,(H,99,100)(H,101,102)/t86?,87-,88-,89-/m1/s1. The maximum Gasteiger partial charge on any atom is 0.472 e. The summed E-state index contributed by atoms with van der Waals surface area (Å²) < 4.78 is 69.1. The molecule has 0 radical (unpaired) electrons. The first-order chi connectivity index (χ1) is 54.6. The molecule has 0 aromatic carbocycles. The quantitative estimate of drug-likeness (QED) is 0.0222. The molecule has 0 aromatic rings. The van der Waals surface area contributed by atoms with Crippen molar-refractivity contribution in [3.05, 3.63) is 0 Å². The Bertz CT molecular complexity index is 2120. The molecule has 6 atom stereocenters. The van der Waals surface area contributed by atoms with Gasteiger partial charge < -0.3 is 33.8 Å². The number of aliphatic hydroxyl groups excluding tert-OH is 1. The van der Waals surface area contributed by atoms with Crippen molar-refractivity contribution in [2.75, 3.05) is 39.6 Å². The number of ether oxygens (including phenoxy) is 4. The summed E-state index contributed by atoms with van der Waals surface area (Å²) in [6.45, 7) is 7.40. The minimum atomic E-state index is -4.97. The lowest BCUT2D eigenvalue weighted by Crippen LogP contribution is -2.30. The van der Waals surface area contributed by atoms with Gasteiger partial charge in [-0.1, -0.05) is 458 Å². The minimum Gasteiger partial charge on any atom is -0.462 e. The highest BCUT2D eigenvalue weighted by atomic mass is 31.2. The minimum absolute atomic E-state index is 0.108. The summed E-state index contributed by atoms with van der Waals surface area (Å²) in [5.41, 5.74) is 0. The first-order valence-electron chi connectivity index (χ1n) is 48.2. The van der Waals surface area contributed by atoms with E-state index in [1.165, 1.54) is 334 Å². The van der Waals surface area contributed by atoms with E-state index in [0.717, 1.165) is 95.8 Å². The average Bonchev–Trinajstić information content (AvgIpc) is 0.907. The second-order valence-corrected chi connectivity index (χ2v) is 36.6. The van der Waals surface area contributed by atoms with Crippen LogP contribution in [0.3, 0.4) is 0 Å². The molecule has 0 bridgehead atoms. The Morgan fingerprint density at radius 1 is 0.250 bits per heavy atom. The van der Waals surface area contributed by atoms with Gasteiger partial charge in [0.25, 0.3) is 0 Å². The lowest BCUT2D eigenvalue weighted by atomic mass is 9.99. The van der Waals surface area contributed by atoms with Gasteiger partial charge in [-0.25, -0.2) is 9.13 Å². The number of aliphatic hydroxyl groups is 1. The smallest absolute Gasteiger partial charge is 0.462 e. The SMILES string of the molecule is CCCCCCCCCCCCCCCCCCCCCCCCC(=O)OC[C@H](COP(=O)(O)OC[C@@H](O)COP(=O)(O)OC[C@@H](COC(=O)CCCCCCCCCCC(C)CC)OC(=O)CCCCCCCCCCCCCCCCCC)OC(=O)CCCCCCCCCCCCCCCCCCCCCCCC.